The van der Waals surface area contributed by atoms with Gasteiger partial charge in [-0.1, -0.05) is 32.6 Å². The zero-order valence-electron chi connectivity index (χ0n) is 10.6. The van der Waals surface area contributed by atoms with E-state index in [2.05, 4.69) is 25.9 Å². The molecule has 0 aliphatic carbocycles. The van der Waals surface area contributed by atoms with E-state index in [1.807, 2.05) is 11.7 Å². The Morgan fingerprint density at radius 2 is 1.73 bits per heavy atom. The fourth-order valence-electron chi connectivity index (χ4n) is 2.08. The summed E-state index contributed by atoms with van der Waals surface area (Å²) in [5, 5.41) is 4.44. The second-order valence-electron chi connectivity index (χ2n) is 4.44. The molecule has 0 saturated carbocycles. The number of nitrogens with zero attached hydrogens (tertiary/aromatic N) is 2. The van der Waals surface area contributed by atoms with Crippen LogP contribution in [0.15, 0.2) is 0 Å². The van der Waals surface area contributed by atoms with Crippen molar-refractivity contribution in [3.63, 3.8) is 0 Å². The zero-order valence-corrected chi connectivity index (χ0v) is 10.6. The van der Waals surface area contributed by atoms with Gasteiger partial charge in [-0.25, -0.2) is 0 Å². The van der Waals surface area contributed by atoms with E-state index >= 15 is 0 Å². The summed E-state index contributed by atoms with van der Waals surface area (Å²) in [6, 6.07) is 0. The Balaban J connectivity index is 2.37. The highest BCUT2D eigenvalue weighted by atomic mass is 15.3. The molecule has 1 heterocycles. The molecular weight excluding hydrogens is 184 g/mol. The number of aromatic nitrogens is 2. The van der Waals surface area contributed by atoms with Crippen LogP contribution >= 0.6 is 0 Å². The first-order valence-corrected chi connectivity index (χ1v) is 6.16. The molecule has 0 aliphatic rings. The van der Waals surface area contributed by atoms with Gasteiger partial charge in [-0.05, 0) is 32.3 Å². The van der Waals surface area contributed by atoms with Gasteiger partial charge in [-0.2, -0.15) is 5.10 Å². The van der Waals surface area contributed by atoms with Crippen LogP contribution in [-0.4, -0.2) is 9.78 Å². The van der Waals surface area contributed by atoms with Gasteiger partial charge in [0, 0.05) is 12.7 Å². The standard InChI is InChI=1S/C13H24N2/c1-5-6-7-8-9-10-13-11(2)14-15(4)12(13)3/h5-10H2,1-4H3. The average molecular weight is 208 g/mol. The molecule has 0 unspecified atom stereocenters. The van der Waals surface area contributed by atoms with Crippen molar-refractivity contribution < 1.29 is 0 Å². The van der Waals surface area contributed by atoms with E-state index in [0.29, 0.717) is 0 Å². The maximum Gasteiger partial charge on any atom is 0.0628 e. The highest BCUT2D eigenvalue weighted by Crippen LogP contribution is 2.15. The monoisotopic (exact) mass is 208 g/mol. The minimum Gasteiger partial charge on any atom is -0.272 e. The van der Waals surface area contributed by atoms with Crippen molar-refractivity contribution in [3.05, 3.63) is 17.0 Å². The van der Waals surface area contributed by atoms with Crippen LogP contribution < -0.4 is 0 Å². The number of hydrogen-bond acceptors (Lipinski definition) is 1. The topological polar surface area (TPSA) is 17.8 Å². The van der Waals surface area contributed by atoms with Crippen LogP contribution in [0.5, 0.6) is 0 Å². The molecule has 0 aromatic carbocycles. The van der Waals surface area contributed by atoms with Crippen molar-refractivity contribution in [2.45, 2.75) is 59.3 Å². The average Bonchev–Trinajstić information content (AvgIpc) is 2.44. The van der Waals surface area contributed by atoms with Gasteiger partial charge in [-0.15, -0.1) is 0 Å². The van der Waals surface area contributed by atoms with Gasteiger partial charge < -0.3 is 0 Å². The van der Waals surface area contributed by atoms with Gasteiger partial charge in [0.1, 0.15) is 0 Å². The molecule has 0 N–H and O–H groups in total. The minimum atomic E-state index is 1.20. The first-order chi connectivity index (χ1) is 7.16. The second kappa shape index (κ2) is 5.94. The summed E-state index contributed by atoms with van der Waals surface area (Å²) in [7, 11) is 2.03. The van der Waals surface area contributed by atoms with Crippen LogP contribution in [0.2, 0.25) is 0 Å². The SMILES string of the molecule is CCCCCCCc1c(C)nn(C)c1C. The summed E-state index contributed by atoms with van der Waals surface area (Å²) >= 11 is 0. The van der Waals surface area contributed by atoms with Crippen molar-refractivity contribution in [2.24, 2.45) is 7.05 Å². The molecule has 1 aromatic heterocycles. The third kappa shape index (κ3) is 3.37. The predicted molar refractivity (Wildman–Crippen MR) is 65.1 cm³/mol. The molecule has 2 nitrogen and oxygen atoms in total. The molecule has 0 radical (unpaired) electrons. The van der Waals surface area contributed by atoms with Crippen LogP contribution in [-0.2, 0) is 13.5 Å². The fourth-order valence-corrected chi connectivity index (χ4v) is 2.08. The van der Waals surface area contributed by atoms with Gasteiger partial charge in [0.25, 0.3) is 0 Å². The Morgan fingerprint density at radius 1 is 1.07 bits per heavy atom. The van der Waals surface area contributed by atoms with Gasteiger partial charge in [0.05, 0.1) is 5.69 Å². The smallest absolute Gasteiger partial charge is 0.0628 e. The van der Waals surface area contributed by atoms with E-state index in [-0.39, 0.29) is 0 Å². The fraction of sp³-hybridized carbons (Fsp3) is 0.769. The van der Waals surface area contributed by atoms with Gasteiger partial charge in [0.15, 0.2) is 0 Å². The summed E-state index contributed by atoms with van der Waals surface area (Å²) in [5.74, 6) is 0. The lowest BCUT2D eigenvalue weighted by Crippen LogP contribution is -1.94. The summed E-state index contributed by atoms with van der Waals surface area (Å²) < 4.78 is 2.00. The summed E-state index contributed by atoms with van der Waals surface area (Å²) in [6.07, 6.45) is 7.97. The van der Waals surface area contributed by atoms with Gasteiger partial charge in [0.2, 0.25) is 0 Å². The molecule has 2 heteroatoms. The molecular formula is C13H24N2. The lowest BCUT2D eigenvalue weighted by atomic mass is 10.0. The Bertz CT molecular complexity index is 300. The van der Waals surface area contributed by atoms with Crippen molar-refractivity contribution in [1.82, 2.24) is 9.78 Å². The van der Waals surface area contributed by atoms with E-state index in [4.69, 9.17) is 0 Å². The van der Waals surface area contributed by atoms with Crippen LogP contribution in [0, 0.1) is 13.8 Å². The Labute approximate surface area is 93.7 Å². The van der Waals surface area contributed by atoms with Crippen LogP contribution in [0.1, 0.15) is 56.0 Å². The molecule has 86 valence electrons. The third-order valence-corrected chi connectivity index (χ3v) is 3.19. The molecule has 15 heavy (non-hydrogen) atoms. The molecule has 0 amide bonds. The van der Waals surface area contributed by atoms with E-state index in [1.54, 1.807) is 0 Å². The molecule has 0 saturated heterocycles. The van der Waals surface area contributed by atoms with Crippen LogP contribution in [0.4, 0.5) is 0 Å². The Morgan fingerprint density at radius 3 is 2.27 bits per heavy atom. The largest absolute Gasteiger partial charge is 0.272 e. The maximum atomic E-state index is 4.44. The Kier molecular flexibility index (Phi) is 4.86. The van der Waals surface area contributed by atoms with Crippen molar-refractivity contribution in [2.75, 3.05) is 0 Å². The predicted octanol–water partition coefficient (Wildman–Crippen LogP) is 3.55. The zero-order chi connectivity index (χ0) is 11.3. The summed E-state index contributed by atoms with van der Waals surface area (Å²) in [6.45, 7) is 6.55. The maximum absolute atomic E-state index is 4.44. The first-order valence-electron chi connectivity index (χ1n) is 6.16. The molecule has 0 fully saturated rings. The number of rotatable bonds is 6. The van der Waals surface area contributed by atoms with E-state index < -0.39 is 0 Å². The van der Waals surface area contributed by atoms with E-state index in [0.717, 1.165) is 0 Å². The molecule has 0 spiro atoms. The summed E-state index contributed by atoms with van der Waals surface area (Å²) in [4.78, 5) is 0. The van der Waals surface area contributed by atoms with Crippen molar-refractivity contribution in [3.8, 4) is 0 Å². The number of hydrogen-bond donors (Lipinski definition) is 0. The molecule has 0 atom stereocenters. The quantitative estimate of drug-likeness (QED) is 0.654. The van der Waals surface area contributed by atoms with Crippen LogP contribution in [0.3, 0.4) is 0 Å². The van der Waals surface area contributed by atoms with Crippen molar-refractivity contribution in [1.29, 1.82) is 0 Å². The number of unbranched alkanes of at least 4 members (excludes halogenated alkanes) is 4. The summed E-state index contributed by atoms with van der Waals surface area (Å²) in [5.41, 5.74) is 4.02. The van der Waals surface area contributed by atoms with Crippen LogP contribution in [0.25, 0.3) is 0 Å². The first kappa shape index (κ1) is 12.3. The minimum absolute atomic E-state index is 1.20. The molecule has 1 rings (SSSR count). The third-order valence-electron chi connectivity index (χ3n) is 3.19. The second-order valence-corrected chi connectivity index (χ2v) is 4.44. The molecule has 0 aliphatic heterocycles. The Hall–Kier alpha value is -0.790. The molecule has 0 bridgehead atoms. The highest BCUT2D eigenvalue weighted by molar-refractivity contribution is 5.24. The van der Waals surface area contributed by atoms with Crippen molar-refractivity contribution >= 4 is 0 Å². The lowest BCUT2D eigenvalue weighted by Gasteiger charge is -2.02. The van der Waals surface area contributed by atoms with E-state index in [1.165, 1.54) is 55.5 Å². The van der Waals surface area contributed by atoms with Gasteiger partial charge in [-0.3, -0.25) is 4.68 Å². The highest BCUT2D eigenvalue weighted by Gasteiger charge is 2.07. The lowest BCUT2D eigenvalue weighted by molar-refractivity contribution is 0.630. The normalized spacial score (nSPS) is 10.9. The van der Waals surface area contributed by atoms with E-state index in [9.17, 15) is 0 Å². The molecule has 1 aromatic rings. The van der Waals surface area contributed by atoms with Gasteiger partial charge >= 0.3 is 0 Å². The number of aryl methyl sites for hydroxylation is 2.